The van der Waals surface area contributed by atoms with Gasteiger partial charge in [-0.3, -0.25) is 4.79 Å². The number of nitrogens with zero attached hydrogens (tertiary/aromatic N) is 1. The minimum absolute atomic E-state index is 0.0268. The Morgan fingerprint density at radius 2 is 2.12 bits per heavy atom. The molecule has 2 aromatic rings. The van der Waals surface area contributed by atoms with Crippen molar-refractivity contribution < 1.29 is 14.3 Å². The van der Waals surface area contributed by atoms with Crippen molar-refractivity contribution in [3.05, 3.63) is 53.1 Å². The van der Waals surface area contributed by atoms with E-state index in [0.29, 0.717) is 6.61 Å². The van der Waals surface area contributed by atoms with Crippen LogP contribution >= 0.6 is 0 Å². The molecular formula is C20H23NO3. The number of para-hydroxylation sites is 2. The maximum Gasteiger partial charge on any atom is 0.150 e. The molecule has 126 valence electrons. The summed E-state index contributed by atoms with van der Waals surface area (Å²) < 4.78 is 12.0. The Morgan fingerprint density at radius 3 is 2.88 bits per heavy atom. The van der Waals surface area contributed by atoms with Gasteiger partial charge in [0.15, 0.2) is 6.29 Å². The van der Waals surface area contributed by atoms with Gasteiger partial charge in [0.25, 0.3) is 0 Å². The molecule has 0 N–H and O–H groups in total. The van der Waals surface area contributed by atoms with E-state index in [1.807, 2.05) is 44.2 Å². The minimum Gasteiger partial charge on any atom is -0.490 e. The zero-order valence-corrected chi connectivity index (χ0v) is 14.4. The summed E-state index contributed by atoms with van der Waals surface area (Å²) in [7, 11) is 2.06. The molecule has 0 spiro atoms. The Morgan fingerprint density at radius 1 is 1.33 bits per heavy atom. The van der Waals surface area contributed by atoms with Crippen LogP contribution < -0.4 is 14.4 Å². The molecule has 0 amide bonds. The van der Waals surface area contributed by atoms with E-state index in [2.05, 4.69) is 18.0 Å². The molecule has 4 heteroatoms. The van der Waals surface area contributed by atoms with Gasteiger partial charge in [0.1, 0.15) is 24.2 Å². The van der Waals surface area contributed by atoms with Crippen molar-refractivity contribution >= 4 is 12.0 Å². The van der Waals surface area contributed by atoms with Gasteiger partial charge in [-0.15, -0.1) is 0 Å². The van der Waals surface area contributed by atoms with E-state index in [9.17, 15) is 4.79 Å². The van der Waals surface area contributed by atoms with Gasteiger partial charge in [0.2, 0.25) is 0 Å². The standard InChI is InChI=1S/C20H23NO3/c1-4-15-10-16(9-14(2)18(15)12-22)23-13-17-11-21(3)19-7-5-6-8-20(19)24-17/h5-10,12,17H,4,11,13H2,1-3H3/t17-/m0/s1. The van der Waals surface area contributed by atoms with Crippen LogP contribution in [0.1, 0.15) is 28.4 Å². The van der Waals surface area contributed by atoms with Gasteiger partial charge in [0, 0.05) is 12.6 Å². The first-order chi connectivity index (χ1) is 11.6. The molecule has 3 rings (SSSR count). The molecule has 0 aliphatic carbocycles. The van der Waals surface area contributed by atoms with Crippen LogP contribution in [-0.2, 0) is 6.42 Å². The average Bonchev–Trinajstić information content (AvgIpc) is 2.59. The minimum atomic E-state index is -0.0268. The number of anilines is 1. The molecule has 2 aromatic carbocycles. The Kier molecular flexibility index (Phi) is 4.74. The highest BCUT2D eigenvalue weighted by atomic mass is 16.5. The molecule has 24 heavy (non-hydrogen) atoms. The normalized spacial score (nSPS) is 16.3. The molecule has 1 aliphatic rings. The lowest BCUT2D eigenvalue weighted by molar-refractivity contribution is 0.112. The fourth-order valence-corrected chi connectivity index (χ4v) is 3.15. The van der Waals surface area contributed by atoms with E-state index in [4.69, 9.17) is 9.47 Å². The fraction of sp³-hybridized carbons (Fsp3) is 0.350. The molecule has 0 saturated heterocycles. The first-order valence-corrected chi connectivity index (χ1v) is 8.30. The van der Waals surface area contributed by atoms with Gasteiger partial charge >= 0.3 is 0 Å². The molecule has 0 unspecified atom stereocenters. The largest absolute Gasteiger partial charge is 0.490 e. The van der Waals surface area contributed by atoms with Crippen LogP contribution in [0.3, 0.4) is 0 Å². The Bertz CT molecular complexity index is 742. The van der Waals surface area contributed by atoms with Crippen LogP contribution in [0.2, 0.25) is 0 Å². The van der Waals surface area contributed by atoms with E-state index in [1.165, 1.54) is 0 Å². The highest BCUT2D eigenvalue weighted by Gasteiger charge is 2.23. The van der Waals surface area contributed by atoms with Gasteiger partial charge in [-0.05, 0) is 48.7 Å². The molecule has 1 aliphatic heterocycles. The van der Waals surface area contributed by atoms with E-state index in [-0.39, 0.29) is 6.10 Å². The first-order valence-electron chi connectivity index (χ1n) is 8.30. The number of fused-ring (bicyclic) bond motifs is 1. The number of rotatable bonds is 5. The topological polar surface area (TPSA) is 38.8 Å². The zero-order valence-electron chi connectivity index (χ0n) is 14.4. The summed E-state index contributed by atoms with van der Waals surface area (Å²) in [5, 5.41) is 0. The number of aryl methyl sites for hydroxylation is 2. The van der Waals surface area contributed by atoms with Crippen molar-refractivity contribution in [1.29, 1.82) is 0 Å². The third kappa shape index (κ3) is 3.23. The van der Waals surface area contributed by atoms with Gasteiger partial charge in [-0.25, -0.2) is 0 Å². The SMILES string of the molecule is CCc1cc(OC[C@@H]2CN(C)c3ccccc3O2)cc(C)c1C=O. The second kappa shape index (κ2) is 6.95. The predicted molar refractivity (Wildman–Crippen MR) is 95.6 cm³/mol. The number of hydrogen-bond acceptors (Lipinski definition) is 4. The number of benzene rings is 2. The van der Waals surface area contributed by atoms with Crippen molar-refractivity contribution in [3.63, 3.8) is 0 Å². The summed E-state index contributed by atoms with van der Waals surface area (Å²) in [6, 6.07) is 11.9. The van der Waals surface area contributed by atoms with Crippen LogP contribution in [0, 0.1) is 6.92 Å². The summed E-state index contributed by atoms with van der Waals surface area (Å²) in [5.41, 5.74) is 3.85. The number of carbonyl (C=O) groups excluding carboxylic acids is 1. The molecule has 0 bridgehead atoms. The Hall–Kier alpha value is -2.49. The molecule has 0 radical (unpaired) electrons. The number of carbonyl (C=O) groups is 1. The van der Waals surface area contributed by atoms with Crippen molar-refractivity contribution in [3.8, 4) is 11.5 Å². The maximum atomic E-state index is 11.2. The van der Waals surface area contributed by atoms with Crippen LogP contribution in [0.25, 0.3) is 0 Å². The summed E-state index contributed by atoms with van der Waals surface area (Å²) >= 11 is 0. The van der Waals surface area contributed by atoms with Crippen molar-refractivity contribution in [2.45, 2.75) is 26.4 Å². The second-order valence-corrected chi connectivity index (χ2v) is 6.18. The van der Waals surface area contributed by atoms with Gasteiger partial charge in [0.05, 0.1) is 12.2 Å². The number of likely N-dealkylation sites (N-methyl/N-ethyl adjacent to an activating group) is 1. The maximum absolute atomic E-state index is 11.2. The van der Waals surface area contributed by atoms with Crippen molar-refractivity contribution in [1.82, 2.24) is 0 Å². The fourth-order valence-electron chi connectivity index (χ4n) is 3.15. The Balaban J connectivity index is 1.71. The molecule has 0 aromatic heterocycles. The molecule has 1 heterocycles. The molecule has 0 saturated carbocycles. The number of aldehydes is 1. The third-order valence-electron chi connectivity index (χ3n) is 4.43. The second-order valence-electron chi connectivity index (χ2n) is 6.18. The molecular weight excluding hydrogens is 302 g/mol. The smallest absolute Gasteiger partial charge is 0.150 e. The first kappa shape index (κ1) is 16.4. The van der Waals surface area contributed by atoms with Crippen molar-refractivity contribution in [2.24, 2.45) is 0 Å². The summed E-state index contributed by atoms with van der Waals surface area (Å²) in [5.74, 6) is 1.68. The quantitative estimate of drug-likeness (QED) is 0.787. The monoisotopic (exact) mass is 325 g/mol. The molecule has 0 fully saturated rings. The summed E-state index contributed by atoms with van der Waals surface area (Å²) in [6.45, 7) is 5.24. The van der Waals surface area contributed by atoms with Crippen molar-refractivity contribution in [2.75, 3.05) is 25.1 Å². The van der Waals surface area contributed by atoms with Crippen LogP contribution in [0.5, 0.6) is 11.5 Å². The lowest BCUT2D eigenvalue weighted by Crippen LogP contribution is -2.41. The van der Waals surface area contributed by atoms with E-state index >= 15 is 0 Å². The molecule has 1 atom stereocenters. The van der Waals surface area contributed by atoms with E-state index in [0.717, 1.165) is 53.1 Å². The van der Waals surface area contributed by atoms with Crippen LogP contribution in [-0.4, -0.2) is 32.6 Å². The van der Waals surface area contributed by atoms with Gasteiger partial charge < -0.3 is 14.4 Å². The summed E-state index contributed by atoms with van der Waals surface area (Å²) in [6.07, 6.45) is 1.71. The summed E-state index contributed by atoms with van der Waals surface area (Å²) in [4.78, 5) is 13.4. The molecule has 4 nitrogen and oxygen atoms in total. The highest BCUT2D eigenvalue weighted by molar-refractivity contribution is 5.80. The van der Waals surface area contributed by atoms with Gasteiger partial charge in [-0.2, -0.15) is 0 Å². The lowest BCUT2D eigenvalue weighted by Gasteiger charge is -2.33. The zero-order chi connectivity index (χ0) is 17.1. The van der Waals surface area contributed by atoms with E-state index in [1.54, 1.807) is 0 Å². The number of hydrogen-bond donors (Lipinski definition) is 0. The lowest BCUT2D eigenvalue weighted by atomic mass is 10.0. The third-order valence-corrected chi connectivity index (χ3v) is 4.43. The average molecular weight is 325 g/mol. The van der Waals surface area contributed by atoms with Gasteiger partial charge in [-0.1, -0.05) is 19.1 Å². The highest BCUT2D eigenvalue weighted by Crippen LogP contribution is 2.32. The Labute approximate surface area is 143 Å². The van der Waals surface area contributed by atoms with Crippen LogP contribution in [0.4, 0.5) is 5.69 Å². The van der Waals surface area contributed by atoms with Crippen LogP contribution in [0.15, 0.2) is 36.4 Å². The predicted octanol–water partition coefficient (Wildman–Crippen LogP) is 3.65. The number of ether oxygens (including phenoxy) is 2. The van der Waals surface area contributed by atoms with E-state index < -0.39 is 0 Å².